The molecule has 3 rings (SSSR count). The molecule has 0 aromatic carbocycles. The predicted molar refractivity (Wildman–Crippen MR) is 89.0 cm³/mol. The molecule has 0 atom stereocenters. The third kappa shape index (κ3) is 3.35. The van der Waals surface area contributed by atoms with Crippen molar-refractivity contribution >= 4 is 17.4 Å². The van der Waals surface area contributed by atoms with Gasteiger partial charge in [0, 0.05) is 25.8 Å². The molecule has 0 radical (unpaired) electrons. The number of pyridine rings is 1. The summed E-state index contributed by atoms with van der Waals surface area (Å²) in [5.74, 6) is 1.09. The summed E-state index contributed by atoms with van der Waals surface area (Å²) in [6.07, 6.45) is 11.7. The zero-order chi connectivity index (χ0) is 14.7. The molecule has 2 heterocycles. The number of anilines is 1. The van der Waals surface area contributed by atoms with E-state index in [4.69, 9.17) is 11.6 Å². The molecule has 2 aliphatic rings. The second-order valence-electron chi connectivity index (χ2n) is 6.71. The Hall–Kier alpha value is -0.800. The zero-order valence-corrected chi connectivity index (χ0v) is 13.8. The van der Waals surface area contributed by atoms with Gasteiger partial charge in [-0.15, -0.1) is 0 Å². The second-order valence-corrected chi connectivity index (χ2v) is 7.12. The summed E-state index contributed by atoms with van der Waals surface area (Å²) < 4.78 is 0. The molecule has 4 heteroatoms. The fourth-order valence-electron chi connectivity index (χ4n) is 3.98. The molecule has 1 spiro atoms. The highest BCUT2D eigenvalue weighted by molar-refractivity contribution is 6.31. The van der Waals surface area contributed by atoms with Gasteiger partial charge in [0.15, 0.2) is 0 Å². The van der Waals surface area contributed by atoms with Crippen LogP contribution in [0.1, 0.15) is 50.5 Å². The summed E-state index contributed by atoms with van der Waals surface area (Å²) >= 11 is 6.21. The van der Waals surface area contributed by atoms with Crippen molar-refractivity contribution in [1.29, 1.82) is 0 Å². The van der Waals surface area contributed by atoms with E-state index in [9.17, 15) is 0 Å². The van der Waals surface area contributed by atoms with E-state index in [1.807, 2.05) is 7.05 Å². The van der Waals surface area contributed by atoms with Crippen LogP contribution in [0.2, 0.25) is 5.02 Å². The minimum atomic E-state index is 0.648. The molecule has 0 unspecified atom stereocenters. The van der Waals surface area contributed by atoms with Crippen LogP contribution >= 0.6 is 11.6 Å². The molecule has 21 heavy (non-hydrogen) atoms. The first-order chi connectivity index (χ1) is 10.2. The summed E-state index contributed by atoms with van der Waals surface area (Å²) in [6, 6.07) is 2.15. The van der Waals surface area contributed by atoms with Gasteiger partial charge in [0.1, 0.15) is 5.82 Å². The van der Waals surface area contributed by atoms with Crippen LogP contribution in [0.4, 0.5) is 5.82 Å². The minimum Gasteiger partial charge on any atom is -0.357 e. The van der Waals surface area contributed by atoms with Crippen LogP contribution in [-0.2, 0) is 6.54 Å². The molecule has 116 valence electrons. The van der Waals surface area contributed by atoms with Crippen molar-refractivity contribution in [3.05, 3.63) is 22.8 Å². The Morgan fingerprint density at radius 2 is 1.90 bits per heavy atom. The lowest BCUT2D eigenvalue weighted by Gasteiger charge is -2.44. The average Bonchev–Trinajstić information content (AvgIpc) is 2.52. The van der Waals surface area contributed by atoms with Gasteiger partial charge in [-0.25, -0.2) is 4.98 Å². The lowest BCUT2D eigenvalue weighted by molar-refractivity contribution is 0.144. The molecule has 1 aromatic rings. The van der Waals surface area contributed by atoms with E-state index in [0.29, 0.717) is 5.41 Å². The molecule has 1 aliphatic carbocycles. The molecule has 1 aliphatic heterocycles. The summed E-state index contributed by atoms with van der Waals surface area (Å²) in [4.78, 5) is 6.98. The van der Waals surface area contributed by atoms with Crippen molar-refractivity contribution in [3.8, 4) is 0 Å². The van der Waals surface area contributed by atoms with Gasteiger partial charge in [-0.3, -0.25) is 0 Å². The van der Waals surface area contributed by atoms with Crippen LogP contribution in [0.5, 0.6) is 0 Å². The molecule has 1 saturated carbocycles. The maximum absolute atomic E-state index is 6.21. The van der Waals surface area contributed by atoms with Gasteiger partial charge in [-0.05, 0) is 49.8 Å². The Morgan fingerprint density at radius 1 is 1.19 bits per heavy atom. The Kier molecular flexibility index (Phi) is 4.70. The zero-order valence-electron chi connectivity index (χ0n) is 13.0. The monoisotopic (exact) mass is 307 g/mol. The predicted octanol–water partition coefficient (Wildman–Crippen LogP) is 4.01. The molecule has 0 bridgehead atoms. The van der Waals surface area contributed by atoms with Gasteiger partial charge < -0.3 is 10.2 Å². The lowest BCUT2D eigenvalue weighted by Crippen LogP contribution is -2.41. The van der Waals surface area contributed by atoms with Gasteiger partial charge in [0.2, 0.25) is 0 Å². The summed E-state index contributed by atoms with van der Waals surface area (Å²) in [6.45, 7) is 3.09. The summed E-state index contributed by atoms with van der Waals surface area (Å²) in [5, 5.41) is 3.93. The van der Waals surface area contributed by atoms with Gasteiger partial charge in [-0.2, -0.15) is 0 Å². The summed E-state index contributed by atoms with van der Waals surface area (Å²) in [7, 11) is 1.95. The van der Waals surface area contributed by atoms with Gasteiger partial charge in [0.25, 0.3) is 0 Å². The van der Waals surface area contributed by atoms with Gasteiger partial charge in [-0.1, -0.05) is 30.9 Å². The van der Waals surface area contributed by atoms with Crippen molar-refractivity contribution in [3.63, 3.8) is 0 Å². The van der Waals surface area contributed by atoms with E-state index in [2.05, 4.69) is 21.3 Å². The van der Waals surface area contributed by atoms with Crippen LogP contribution in [0.25, 0.3) is 0 Å². The van der Waals surface area contributed by atoms with Crippen molar-refractivity contribution in [2.24, 2.45) is 5.41 Å². The normalized spacial score (nSPS) is 21.7. The maximum Gasteiger partial charge on any atom is 0.128 e. The number of piperidine rings is 1. The molecule has 3 nitrogen and oxygen atoms in total. The maximum atomic E-state index is 6.21. The van der Waals surface area contributed by atoms with Crippen molar-refractivity contribution in [1.82, 2.24) is 10.3 Å². The fourth-order valence-corrected chi connectivity index (χ4v) is 4.15. The molecule has 1 aromatic heterocycles. The fraction of sp³-hybridized carbons (Fsp3) is 0.706. The SMILES string of the molecule is CNCc1cc(N2CCC3(CCCCC3)CC2)ncc1Cl. The highest BCUT2D eigenvalue weighted by Crippen LogP contribution is 2.45. The standard InChI is InChI=1S/C17H26ClN3/c1-19-12-14-11-16(20-13-15(14)18)21-9-7-17(8-10-21)5-3-2-4-6-17/h11,13,19H,2-10,12H2,1H3. The van der Waals surface area contributed by atoms with Crippen LogP contribution in [0.3, 0.4) is 0 Å². The molecule has 1 N–H and O–H groups in total. The number of halogens is 1. The van der Waals surface area contributed by atoms with E-state index in [0.717, 1.165) is 36.0 Å². The van der Waals surface area contributed by atoms with Crippen LogP contribution in [-0.4, -0.2) is 25.1 Å². The van der Waals surface area contributed by atoms with Crippen molar-refractivity contribution < 1.29 is 0 Å². The number of nitrogens with zero attached hydrogens (tertiary/aromatic N) is 2. The number of aromatic nitrogens is 1. The molecule has 2 fully saturated rings. The number of nitrogens with one attached hydrogen (secondary N) is 1. The van der Waals surface area contributed by atoms with E-state index < -0.39 is 0 Å². The second kappa shape index (κ2) is 6.53. The third-order valence-electron chi connectivity index (χ3n) is 5.35. The Morgan fingerprint density at radius 3 is 2.57 bits per heavy atom. The Balaban J connectivity index is 1.67. The smallest absolute Gasteiger partial charge is 0.128 e. The topological polar surface area (TPSA) is 28.2 Å². The number of hydrogen-bond acceptors (Lipinski definition) is 3. The van der Waals surface area contributed by atoms with E-state index in [1.54, 1.807) is 6.20 Å². The molecular weight excluding hydrogens is 282 g/mol. The quantitative estimate of drug-likeness (QED) is 0.914. The average molecular weight is 308 g/mol. The number of hydrogen-bond donors (Lipinski definition) is 1. The minimum absolute atomic E-state index is 0.648. The van der Waals surface area contributed by atoms with E-state index in [1.165, 1.54) is 44.9 Å². The van der Waals surface area contributed by atoms with Gasteiger partial charge in [0.05, 0.1) is 5.02 Å². The van der Waals surface area contributed by atoms with Crippen molar-refractivity contribution in [2.45, 2.75) is 51.5 Å². The first kappa shape index (κ1) is 15.1. The molecule has 1 saturated heterocycles. The third-order valence-corrected chi connectivity index (χ3v) is 5.69. The van der Waals surface area contributed by atoms with E-state index >= 15 is 0 Å². The van der Waals surface area contributed by atoms with Crippen molar-refractivity contribution in [2.75, 3.05) is 25.0 Å². The highest BCUT2D eigenvalue weighted by Gasteiger charge is 2.35. The largest absolute Gasteiger partial charge is 0.357 e. The first-order valence-corrected chi connectivity index (χ1v) is 8.64. The van der Waals surface area contributed by atoms with Crippen LogP contribution in [0, 0.1) is 5.41 Å². The highest BCUT2D eigenvalue weighted by atomic mass is 35.5. The van der Waals surface area contributed by atoms with Crippen LogP contribution < -0.4 is 10.2 Å². The first-order valence-electron chi connectivity index (χ1n) is 8.26. The number of rotatable bonds is 3. The summed E-state index contributed by atoms with van der Waals surface area (Å²) in [5.41, 5.74) is 1.79. The molecular formula is C17H26ClN3. The van der Waals surface area contributed by atoms with Gasteiger partial charge >= 0.3 is 0 Å². The Labute approximate surface area is 133 Å². The lowest BCUT2D eigenvalue weighted by atomic mass is 9.68. The van der Waals surface area contributed by atoms with Crippen LogP contribution in [0.15, 0.2) is 12.3 Å². The van der Waals surface area contributed by atoms with E-state index in [-0.39, 0.29) is 0 Å². The Bertz CT molecular complexity index is 473. The molecule has 0 amide bonds.